The molecule has 1 amide bonds. The molecule has 1 spiro atoms. The van der Waals surface area contributed by atoms with Crippen LogP contribution in [0.2, 0.25) is 25.7 Å². The molecule has 10 heteroatoms. The predicted octanol–water partition coefficient (Wildman–Crippen LogP) is 3.31. The average Bonchev–Trinajstić information content (AvgIpc) is 3.20. The third kappa shape index (κ3) is 4.28. The number of nitro benzene ring substituents is 1. The first-order valence-electron chi connectivity index (χ1n) is 10.9. The van der Waals surface area contributed by atoms with Crippen LogP contribution in [0, 0.1) is 10.1 Å². The van der Waals surface area contributed by atoms with Crippen molar-refractivity contribution in [2.24, 2.45) is 0 Å². The molecule has 0 radical (unpaired) electrons. The summed E-state index contributed by atoms with van der Waals surface area (Å²) in [5, 5.41) is 20.7. The van der Waals surface area contributed by atoms with E-state index in [1.807, 2.05) is 6.07 Å². The van der Waals surface area contributed by atoms with Crippen LogP contribution in [0.3, 0.4) is 0 Å². The lowest BCUT2D eigenvalue weighted by Crippen LogP contribution is -2.42. The van der Waals surface area contributed by atoms with Gasteiger partial charge in [-0.25, -0.2) is 4.98 Å². The van der Waals surface area contributed by atoms with Crippen LogP contribution in [0.15, 0.2) is 30.5 Å². The number of carbonyl (C=O) groups is 2. The number of aliphatic carboxylic acids is 1. The molecule has 1 aliphatic heterocycles. The van der Waals surface area contributed by atoms with Crippen molar-refractivity contribution in [2.75, 3.05) is 18.2 Å². The number of benzene rings is 1. The Kier molecular flexibility index (Phi) is 5.83. The Bertz CT molecular complexity index is 1150. The number of anilines is 1. The first kappa shape index (κ1) is 23.1. The molecular formula is C23H27N3O6Si. The number of nitrogens with zero attached hydrogens (tertiary/aromatic N) is 3. The second kappa shape index (κ2) is 8.34. The molecule has 0 saturated carbocycles. The Labute approximate surface area is 192 Å². The van der Waals surface area contributed by atoms with Gasteiger partial charge in [0.1, 0.15) is 12.5 Å². The van der Waals surface area contributed by atoms with E-state index < -0.39 is 30.8 Å². The quantitative estimate of drug-likeness (QED) is 0.272. The summed E-state index contributed by atoms with van der Waals surface area (Å²) in [5.74, 6) is -0.717. The molecule has 1 aromatic heterocycles. The van der Waals surface area contributed by atoms with Crippen molar-refractivity contribution in [1.29, 1.82) is 0 Å². The van der Waals surface area contributed by atoms with Crippen molar-refractivity contribution in [3.8, 4) is 0 Å². The Morgan fingerprint density at radius 1 is 1.30 bits per heavy atom. The van der Waals surface area contributed by atoms with Crippen LogP contribution >= 0.6 is 0 Å². The third-order valence-electron chi connectivity index (χ3n) is 6.35. The fourth-order valence-electron chi connectivity index (χ4n) is 4.69. The molecule has 1 atom stereocenters. The Morgan fingerprint density at radius 2 is 2.00 bits per heavy atom. The summed E-state index contributed by atoms with van der Waals surface area (Å²) in [7, 11) is -1.27. The summed E-state index contributed by atoms with van der Waals surface area (Å²) in [5.41, 5.74) is 1.25. The van der Waals surface area contributed by atoms with Gasteiger partial charge in [0.15, 0.2) is 0 Å². The van der Waals surface area contributed by atoms with E-state index in [1.54, 1.807) is 23.2 Å². The van der Waals surface area contributed by atoms with Gasteiger partial charge in [0.2, 0.25) is 5.91 Å². The van der Waals surface area contributed by atoms with E-state index in [-0.39, 0.29) is 23.9 Å². The zero-order valence-electron chi connectivity index (χ0n) is 19.0. The predicted molar refractivity (Wildman–Crippen MR) is 124 cm³/mol. The van der Waals surface area contributed by atoms with Crippen LogP contribution in [0.5, 0.6) is 0 Å². The third-order valence-corrected chi connectivity index (χ3v) is 8.06. The number of fused-ring (bicyclic) bond motifs is 3. The van der Waals surface area contributed by atoms with Crippen LogP contribution in [0.25, 0.3) is 0 Å². The zero-order chi connectivity index (χ0) is 24.0. The second-order valence-electron chi connectivity index (χ2n) is 9.97. The molecule has 1 aliphatic carbocycles. The van der Waals surface area contributed by atoms with Crippen LogP contribution < -0.4 is 4.90 Å². The summed E-state index contributed by atoms with van der Waals surface area (Å²) in [6.45, 7) is 7.46. The van der Waals surface area contributed by atoms with Gasteiger partial charge in [-0.05, 0) is 42.1 Å². The number of carbonyl (C=O) groups excluding carboxylic acids is 1. The SMILES string of the molecule is C[Si](C)(C)CCOCN1C(=O)[C@@]2(Cc3cc(CC(=O)O)c([N+](=O)[O-])cc3C2)c2cccnc21. The van der Waals surface area contributed by atoms with Crippen LogP contribution in [0.1, 0.15) is 22.3 Å². The highest BCUT2D eigenvalue weighted by Crippen LogP contribution is 2.50. The number of pyridine rings is 1. The fourth-order valence-corrected chi connectivity index (χ4v) is 5.45. The zero-order valence-corrected chi connectivity index (χ0v) is 20.0. The molecule has 4 rings (SSSR count). The maximum absolute atomic E-state index is 13.7. The van der Waals surface area contributed by atoms with Gasteiger partial charge >= 0.3 is 5.97 Å². The second-order valence-corrected chi connectivity index (χ2v) is 15.6. The first-order chi connectivity index (χ1) is 15.5. The molecule has 174 valence electrons. The molecule has 33 heavy (non-hydrogen) atoms. The van der Waals surface area contributed by atoms with Gasteiger partial charge in [0.25, 0.3) is 5.69 Å². The molecule has 2 aromatic rings. The molecule has 1 N–H and O–H groups in total. The number of hydrogen-bond acceptors (Lipinski definition) is 6. The van der Waals surface area contributed by atoms with Crippen LogP contribution in [-0.2, 0) is 39.0 Å². The lowest BCUT2D eigenvalue weighted by atomic mass is 9.79. The Hall–Kier alpha value is -3.11. The van der Waals surface area contributed by atoms with Gasteiger partial charge in [-0.2, -0.15) is 0 Å². The van der Waals surface area contributed by atoms with Crippen LogP contribution in [-0.4, -0.2) is 48.3 Å². The minimum atomic E-state index is -1.27. The maximum atomic E-state index is 13.7. The van der Waals surface area contributed by atoms with Gasteiger partial charge in [-0.1, -0.05) is 25.7 Å². The first-order valence-corrected chi connectivity index (χ1v) is 14.6. The van der Waals surface area contributed by atoms with E-state index in [0.717, 1.165) is 17.2 Å². The summed E-state index contributed by atoms with van der Waals surface area (Å²) < 4.78 is 5.86. The molecule has 2 heterocycles. The highest BCUT2D eigenvalue weighted by atomic mass is 28.3. The van der Waals surface area contributed by atoms with Crippen LogP contribution in [0.4, 0.5) is 11.5 Å². The standard InChI is InChI=1S/C23H27N3O6Si/c1-33(2,3)8-7-32-14-25-21-18(5-4-6-24-21)23(22(25)29)12-16-9-15(11-20(27)28)19(26(30)31)10-17(16)13-23/h4-6,9-10H,7-8,11-14H2,1-3H3,(H,27,28)/t23-/m1/s1. The summed E-state index contributed by atoms with van der Waals surface area (Å²) in [6, 6.07) is 7.65. The van der Waals surface area contributed by atoms with Crippen molar-refractivity contribution < 1.29 is 24.4 Å². The largest absolute Gasteiger partial charge is 0.481 e. The van der Waals surface area contributed by atoms with E-state index in [4.69, 9.17) is 4.74 Å². The highest BCUT2D eigenvalue weighted by molar-refractivity contribution is 6.76. The molecule has 0 bridgehead atoms. The summed E-state index contributed by atoms with van der Waals surface area (Å²) in [4.78, 5) is 42.0. The number of rotatable bonds is 8. The van der Waals surface area contributed by atoms with E-state index in [9.17, 15) is 24.8 Å². The lowest BCUT2D eigenvalue weighted by molar-refractivity contribution is -0.385. The molecule has 9 nitrogen and oxygen atoms in total. The highest BCUT2D eigenvalue weighted by Gasteiger charge is 2.55. The fraction of sp³-hybridized carbons (Fsp3) is 0.435. The van der Waals surface area contributed by atoms with Gasteiger partial charge in [0, 0.05) is 38.1 Å². The number of carboxylic acids is 1. The molecule has 0 fully saturated rings. The summed E-state index contributed by atoms with van der Waals surface area (Å²) in [6.07, 6.45) is 1.84. The topological polar surface area (TPSA) is 123 Å². The normalized spacial score (nSPS) is 19.1. The van der Waals surface area contributed by atoms with Crippen molar-refractivity contribution in [3.63, 3.8) is 0 Å². The van der Waals surface area contributed by atoms with Crippen molar-refractivity contribution in [2.45, 2.75) is 50.4 Å². The molecule has 1 aromatic carbocycles. The number of ether oxygens (including phenoxy) is 1. The monoisotopic (exact) mass is 469 g/mol. The molecule has 0 unspecified atom stereocenters. The lowest BCUT2D eigenvalue weighted by Gasteiger charge is -2.23. The van der Waals surface area contributed by atoms with Gasteiger partial charge < -0.3 is 9.84 Å². The van der Waals surface area contributed by atoms with Crippen molar-refractivity contribution in [3.05, 3.63) is 62.8 Å². The molecular weight excluding hydrogens is 442 g/mol. The average molecular weight is 470 g/mol. The molecule has 0 saturated heterocycles. The van der Waals surface area contributed by atoms with Gasteiger partial charge in [0.05, 0.1) is 16.8 Å². The Balaban J connectivity index is 1.65. The van der Waals surface area contributed by atoms with E-state index in [2.05, 4.69) is 24.6 Å². The number of aromatic nitrogens is 1. The summed E-state index contributed by atoms with van der Waals surface area (Å²) >= 11 is 0. The number of carboxylic acid groups (broad SMARTS) is 1. The van der Waals surface area contributed by atoms with Crippen molar-refractivity contribution in [1.82, 2.24) is 4.98 Å². The van der Waals surface area contributed by atoms with E-state index in [0.29, 0.717) is 30.8 Å². The minimum Gasteiger partial charge on any atom is -0.481 e. The number of hydrogen-bond donors (Lipinski definition) is 1. The van der Waals surface area contributed by atoms with E-state index in [1.165, 1.54) is 6.07 Å². The van der Waals surface area contributed by atoms with E-state index >= 15 is 0 Å². The minimum absolute atomic E-state index is 0.107. The smallest absolute Gasteiger partial charge is 0.308 e. The molecule has 2 aliphatic rings. The van der Waals surface area contributed by atoms with Crippen molar-refractivity contribution >= 4 is 31.5 Å². The van der Waals surface area contributed by atoms with Gasteiger partial charge in [-0.3, -0.25) is 24.6 Å². The number of amides is 1. The van der Waals surface area contributed by atoms with Gasteiger partial charge in [-0.15, -0.1) is 0 Å². The Morgan fingerprint density at radius 3 is 2.64 bits per heavy atom. The number of nitro groups is 1. The maximum Gasteiger partial charge on any atom is 0.308 e.